The second kappa shape index (κ2) is 10.6. The summed E-state index contributed by atoms with van der Waals surface area (Å²) < 4.78 is 20.3. The smallest absolute Gasteiger partial charge is 0.191 e. The Kier molecular flexibility index (Phi) is 7.63. The number of anilines is 1. The number of nitrogens with two attached hydrogens (primary N) is 1. The SMILES string of the molecule is CCNC(=NCC1CCCO1)NCCCc1nn(-c2ccc(F)cc2)c(N)c1C#N. The number of hydrogen-bond acceptors (Lipinski definition) is 5. The molecule has 3 rings (SSSR count). The lowest BCUT2D eigenvalue weighted by Crippen LogP contribution is -2.38. The number of guanidine groups is 1. The zero-order valence-corrected chi connectivity index (χ0v) is 17.2. The molecule has 1 unspecified atom stereocenters. The number of hydrogen-bond donors (Lipinski definition) is 3. The van der Waals surface area contributed by atoms with Gasteiger partial charge in [0.05, 0.1) is 24.0 Å². The Balaban J connectivity index is 1.58. The van der Waals surface area contributed by atoms with E-state index in [1.807, 2.05) is 6.92 Å². The van der Waals surface area contributed by atoms with E-state index in [0.29, 0.717) is 36.5 Å². The van der Waals surface area contributed by atoms with Gasteiger partial charge in [-0.25, -0.2) is 9.07 Å². The van der Waals surface area contributed by atoms with E-state index in [-0.39, 0.29) is 17.7 Å². The zero-order valence-electron chi connectivity index (χ0n) is 17.2. The summed E-state index contributed by atoms with van der Waals surface area (Å²) in [6.45, 7) is 4.93. The normalized spacial score (nSPS) is 16.4. The summed E-state index contributed by atoms with van der Waals surface area (Å²) in [5, 5.41) is 20.5. The number of nitrogen functional groups attached to an aromatic ring is 1. The number of halogens is 1. The second-order valence-corrected chi connectivity index (χ2v) is 7.09. The Morgan fingerprint density at radius 2 is 2.20 bits per heavy atom. The molecule has 1 aromatic carbocycles. The molecule has 0 bridgehead atoms. The van der Waals surface area contributed by atoms with Crippen molar-refractivity contribution in [1.82, 2.24) is 20.4 Å². The van der Waals surface area contributed by atoms with Gasteiger partial charge in [-0.3, -0.25) is 4.99 Å². The molecule has 9 heteroatoms. The Labute approximate surface area is 175 Å². The zero-order chi connectivity index (χ0) is 21.3. The van der Waals surface area contributed by atoms with Crippen LogP contribution in [0.5, 0.6) is 0 Å². The minimum atomic E-state index is -0.339. The monoisotopic (exact) mass is 413 g/mol. The summed E-state index contributed by atoms with van der Waals surface area (Å²) in [5.41, 5.74) is 7.71. The van der Waals surface area contributed by atoms with Gasteiger partial charge < -0.3 is 21.1 Å². The van der Waals surface area contributed by atoms with Crippen LogP contribution in [0, 0.1) is 17.1 Å². The van der Waals surface area contributed by atoms with Crippen molar-refractivity contribution >= 4 is 11.8 Å². The van der Waals surface area contributed by atoms with Gasteiger partial charge in [-0.1, -0.05) is 0 Å². The van der Waals surface area contributed by atoms with E-state index in [1.54, 1.807) is 12.1 Å². The molecule has 0 radical (unpaired) electrons. The minimum absolute atomic E-state index is 0.206. The molecule has 1 aromatic heterocycles. The fraction of sp³-hybridized carbons (Fsp3) is 0.476. The summed E-state index contributed by atoms with van der Waals surface area (Å²) in [4.78, 5) is 4.59. The predicted molar refractivity (Wildman–Crippen MR) is 114 cm³/mol. The van der Waals surface area contributed by atoms with Crippen LogP contribution in [0.15, 0.2) is 29.3 Å². The average molecular weight is 414 g/mol. The van der Waals surface area contributed by atoms with Crippen molar-refractivity contribution in [2.24, 2.45) is 4.99 Å². The van der Waals surface area contributed by atoms with Gasteiger partial charge in [0.15, 0.2) is 5.96 Å². The lowest BCUT2D eigenvalue weighted by molar-refractivity contribution is 0.117. The number of rotatable bonds is 8. The summed E-state index contributed by atoms with van der Waals surface area (Å²) >= 11 is 0. The van der Waals surface area contributed by atoms with E-state index >= 15 is 0 Å². The van der Waals surface area contributed by atoms with Crippen molar-refractivity contribution in [3.8, 4) is 11.8 Å². The van der Waals surface area contributed by atoms with Crippen LogP contribution in [0.1, 0.15) is 37.4 Å². The molecule has 0 aliphatic carbocycles. The number of nitrogens with zero attached hydrogens (tertiary/aromatic N) is 4. The number of ether oxygens (including phenoxy) is 1. The molecule has 160 valence electrons. The van der Waals surface area contributed by atoms with Crippen molar-refractivity contribution < 1.29 is 9.13 Å². The van der Waals surface area contributed by atoms with Gasteiger partial charge in [0.2, 0.25) is 0 Å². The molecule has 1 fully saturated rings. The molecule has 0 saturated carbocycles. The third kappa shape index (κ3) is 5.48. The highest BCUT2D eigenvalue weighted by Crippen LogP contribution is 2.21. The molecule has 0 spiro atoms. The molecule has 1 saturated heterocycles. The molecule has 1 aliphatic heterocycles. The number of aryl methyl sites for hydroxylation is 1. The van der Waals surface area contributed by atoms with Gasteiger partial charge in [0, 0.05) is 19.7 Å². The van der Waals surface area contributed by atoms with Gasteiger partial charge >= 0.3 is 0 Å². The van der Waals surface area contributed by atoms with E-state index < -0.39 is 0 Å². The van der Waals surface area contributed by atoms with E-state index in [4.69, 9.17) is 10.5 Å². The molecular weight excluding hydrogens is 385 g/mol. The highest BCUT2D eigenvalue weighted by atomic mass is 19.1. The van der Waals surface area contributed by atoms with Gasteiger partial charge in [0.25, 0.3) is 0 Å². The van der Waals surface area contributed by atoms with Crippen LogP contribution in [-0.2, 0) is 11.2 Å². The van der Waals surface area contributed by atoms with E-state index in [9.17, 15) is 9.65 Å². The fourth-order valence-electron chi connectivity index (χ4n) is 3.34. The molecule has 4 N–H and O–H groups in total. The molecule has 2 heterocycles. The van der Waals surface area contributed by atoms with Crippen LogP contribution in [0.25, 0.3) is 5.69 Å². The minimum Gasteiger partial charge on any atom is -0.382 e. The Bertz CT molecular complexity index is 895. The summed E-state index contributed by atoms with van der Waals surface area (Å²) in [7, 11) is 0. The van der Waals surface area contributed by atoms with Crippen LogP contribution in [0.4, 0.5) is 10.2 Å². The average Bonchev–Trinajstić information content (AvgIpc) is 3.37. The van der Waals surface area contributed by atoms with E-state index in [0.717, 1.165) is 38.4 Å². The first kappa shape index (κ1) is 21.6. The lowest BCUT2D eigenvalue weighted by atomic mass is 10.1. The number of nitriles is 1. The van der Waals surface area contributed by atoms with Crippen LogP contribution < -0.4 is 16.4 Å². The molecule has 2 aromatic rings. The Hall–Kier alpha value is -3.12. The third-order valence-electron chi connectivity index (χ3n) is 4.88. The molecular formula is C21H28FN7O. The highest BCUT2D eigenvalue weighted by Gasteiger charge is 2.17. The second-order valence-electron chi connectivity index (χ2n) is 7.09. The molecule has 30 heavy (non-hydrogen) atoms. The van der Waals surface area contributed by atoms with Crippen LogP contribution in [0.2, 0.25) is 0 Å². The quantitative estimate of drug-likeness (QED) is 0.347. The molecule has 1 aliphatic rings. The van der Waals surface area contributed by atoms with Crippen molar-refractivity contribution in [3.63, 3.8) is 0 Å². The number of benzene rings is 1. The van der Waals surface area contributed by atoms with Crippen molar-refractivity contribution in [3.05, 3.63) is 41.3 Å². The maximum Gasteiger partial charge on any atom is 0.191 e. The number of nitrogens with one attached hydrogen (secondary N) is 2. The molecule has 1 atom stereocenters. The molecule has 8 nitrogen and oxygen atoms in total. The maximum atomic E-state index is 13.2. The van der Waals surface area contributed by atoms with Gasteiger partial charge in [-0.15, -0.1) is 0 Å². The van der Waals surface area contributed by atoms with Crippen LogP contribution in [-0.4, -0.2) is 48.1 Å². The first-order valence-corrected chi connectivity index (χ1v) is 10.3. The van der Waals surface area contributed by atoms with E-state index in [2.05, 4.69) is 26.8 Å². The Morgan fingerprint density at radius 3 is 2.87 bits per heavy atom. The summed E-state index contributed by atoms with van der Waals surface area (Å²) in [6.07, 6.45) is 3.69. The van der Waals surface area contributed by atoms with E-state index in [1.165, 1.54) is 16.8 Å². The third-order valence-corrected chi connectivity index (χ3v) is 4.88. The largest absolute Gasteiger partial charge is 0.382 e. The highest BCUT2D eigenvalue weighted by molar-refractivity contribution is 5.79. The predicted octanol–water partition coefficient (Wildman–Crippen LogP) is 2.13. The lowest BCUT2D eigenvalue weighted by Gasteiger charge is -2.12. The van der Waals surface area contributed by atoms with Crippen molar-refractivity contribution in [2.45, 2.75) is 38.7 Å². The Morgan fingerprint density at radius 1 is 1.40 bits per heavy atom. The first-order valence-electron chi connectivity index (χ1n) is 10.3. The maximum absolute atomic E-state index is 13.2. The molecule has 0 amide bonds. The van der Waals surface area contributed by atoms with Crippen molar-refractivity contribution in [2.75, 3.05) is 32.0 Å². The summed E-state index contributed by atoms with van der Waals surface area (Å²) in [6, 6.07) is 7.97. The topological polar surface area (TPSA) is 113 Å². The van der Waals surface area contributed by atoms with Gasteiger partial charge in [-0.05, 0) is 56.9 Å². The van der Waals surface area contributed by atoms with Gasteiger partial charge in [-0.2, -0.15) is 10.4 Å². The van der Waals surface area contributed by atoms with Gasteiger partial charge in [0.1, 0.15) is 23.3 Å². The van der Waals surface area contributed by atoms with Crippen molar-refractivity contribution in [1.29, 1.82) is 5.26 Å². The first-order chi connectivity index (χ1) is 14.6. The summed E-state index contributed by atoms with van der Waals surface area (Å²) in [5.74, 6) is 0.678. The fourth-order valence-corrected chi connectivity index (χ4v) is 3.34. The van der Waals surface area contributed by atoms with Crippen LogP contribution >= 0.6 is 0 Å². The number of aromatic nitrogens is 2. The standard InChI is InChI=1S/C21H28FN7O/c1-2-25-21(27-14-17-5-4-12-30-17)26-11-3-6-19-18(13-23)20(24)29(28-19)16-9-7-15(22)8-10-16/h7-10,17H,2-6,11-12,14,24H2,1H3,(H2,25,26,27). The van der Waals surface area contributed by atoms with Crippen LogP contribution in [0.3, 0.4) is 0 Å². The number of aliphatic imine (C=N–C) groups is 1.